The summed E-state index contributed by atoms with van der Waals surface area (Å²) in [6.07, 6.45) is 3.86. The number of aliphatic hydroxyl groups is 1. The summed E-state index contributed by atoms with van der Waals surface area (Å²) in [4.78, 5) is 6.75. The molecular formula is C14H22N2O. The lowest BCUT2D eigenvalue weighted by Gasteiger charge is -2.38. The van der Waals surface area contributed by atoms with Crippen LogP contribution in [0.25, 0.3) is 0 Å². The molecule has 1 aromatic rings. The van der Waals surface area contributed by atoms with Crippen molar-refractivity contribution in [3.05, 3.63) is 23.9 Å². The molecule has 3 heteroatoms. The van der Waals surface area contributed by atoms with Gasteiger partial charge in [0.2, 0.25) is 0 Å². The van der Waals surface area contributed by atoms with E-state index in [0.29, 0.717) is 5.41 Å². The first kappa shape index (κ1) is 12.4. The van der Waals surface area contributed by atoms with Gasteiger partial charge in [0, 0.05) is 19.3 Å². The van der Waals surface area contributed by atoms with Gasteiger partial charge in [0.25, 0.3) is 0 Å². The van der Waals surface area contributed by atoms with E-state index in [-0.39, 0.29) is 0 Å². The Bertz CT molecular complexity index is 388. The molecule has 1 aliphatic rings. The molecule has 1 saturated heterocycles. The van der Waals surface area contributed by atoms with Gasteiger partial charge in [-0.3, -0.25) is 0 Å². The highest BCUT2D eigenvalue weighted by molar-refractivity contribution is 5.42. The third kappa shape index (κ3) is 2.97. The van der Waals surface area contributed by atoms with Crippen LogP contribution >= 0.6 is 0 Å². The van der Waals surface area contributed by atoms with Crippen LogP contribution in [0.1, 0.15) is 45.3 Å². The van der Waals surface area contributed by atoms with Crippen molar-refractivity contribution in [3.8, 4) is 0 Å². The van der Waals surface area contributed by atoms with E-state index in [1.54, 1.807) is 13.1 Å². The summed E-state index contributed by atoms with van der Waals surface area (Å²) in [5, 5.41) is 9.60. The maximum Gasteiger partial charge on any atom is 0.128 e. The number of piperidine rings is 1. The van der Waals surface area contributed by atoms with E-state index in [1.165, 1.54) is 12.8 Å². The van der Waals surface area contributed by atoms with Gasteiger partial charge in [0.05, 0.1) is 6.10 Å². The molecule has 3 nitrogen and oxygen atoms in total. The van der Waals surface area contributed by atoms with Gasteiger partial charge in [-0.05, 0) is 42.9 Å². The van der Waals surface area contributed by atoms with E-state index >= 15 is 0 Å². The van der Waals surface area contributed by atoms with Crippen molar-refractivity contribution in [2.45, 2.75) is 39.7 Å². The van der Waals surface area contributed by atoms with Crippen molar-refractivity contribution in [1.82, 2.24) is 4.98 Å². The van der Waals surface area contributed by atoms with Gasteiger partial charge < -0.3 is 10.0 Å². The summed E-state index contributed by atoms with van der Waals surface area (Å²) in [5.74, 6) is 0.996. The van der Waals surface area contributed by atoms with Gasteiger partial charge in [0.1, 0.15) is 5.82 Å². The summed E-state index contributed by atoms with van der Waals surface area (Å²) >= 11 is 0. The number of anilines is 1. The van der Waals surface area contributed by atoms with Gasteiger partial charge >= 0.3 is 0 Å². The van der Waals surface area contributed by atoms with Gasteiger partial charge in [-0.25, -0.2) is 4.98 Å². The maximum absolute atomic E-state index is 9.60. The average Bonchev–Trinajstić information content (AvgIpc) is 2.28. The van der Waals surface area contributed by atoms with Crippen LogP contribution < -0.4 is 4.90 Å². The number of nitrogens with zero attached hydrogens (tertiary/aromatic N) is 2. The molecule has 0 spiro atoms. The summed E-state index contributed by atoms with van der Waals surface area (Å²) in [6, 6.07) is 3.88. The lowest BCUT2D eigenvalue weighted by atomic mass is 9.84. The van der Waals surface area contributed by atoms with Crippen LogP contribution in [-0.4, -0.2) is 23.2 Å². The van der Waals surface area contributed by atoms with Crippen LogP contribution in [0.5, 0.6) is 0 Å². The zero-order valence-electron chi connectivity index (χ0n) is 11.0. The Morgan fingerprint density at radius 2 is 2.24 bits per heavy atom. The van der Waals surface area contributed by atoms with Crippen molar-refractivity contribution >= 4 is 5.82 Å². The highest BCUT2D eigenvalue weighted by atomic mass is 16.3. The highest BCUT2D eigenvalue weighted by Crippen LogP contribution is 2.31. The Morgan fingerprint density at radius 1 is 1.47 bits per heavy atom. The quantitative estimate of drug-likeness (QED) is 0.854. The summed E-state index contributed by atoms with van der Waals surface area (Å²) in [5.41, 5.74) is 1.30. The zero-order valence-corrected chi connectivity index (χ0v) is 11.0. The summed E-state index contributed by atoms with van der Waals surface area (Å²) in [7, 11) is 0. The Kier molecular flexibility index (Phi) is 3.38. The number of hydrogen-bond donors (Lipinski definition) is 1. The van der Waals surface area contributed by atoms with Gasteiger partial charge in [-0.2, -0.15) is 0 Å². The fourth-order valence-corrected chi connectivity index (χ4v) is 2.49. The molecule has 0 aliphatic carbocycles. The summed E-state index contributed by atoms with van der Waals surface area (Å²) < 4.78 is 0. The van der Waals surface area contributed by atoms with Crippen LogP contribution in [0.4, 0.5) is 5.82 Å². The van der Waals surface area contributed by atoms with Crippen molar-refractivity contribution in [1.29, 1.82) is 0 Å². The smallest absolute Gasteiger partial charge is 0.128 e. The van der Waals surface area contributed by atoms with E-state index in [9.17, 15) is 5.11 Å². The van der Waals surface area contributed by atoms with E-state index in [1.807, 2.05) is 12.1 Å². The van der Waals surface area contributed by atoms with Crippen molar-refractivity contribution in [2.24, 2.45) is 5.41 Å². The monoisotopic (exact) mass is 234 g/mol. The lowest BCUT2D eigenvalue weighted by Crippen LogP contribution is -2.40. The molecule has 1 atom stereocenters. The van der Waals surface area contributed by atoms with Gasteiger partial charge in [-0.1, -0.05) is 13.8 Å². The topological polar surface area (TPSA) is 36.4 Å². The minimum absolute atomic E-state index is 0.362. The van der Waals surface area contributed by atoms with Gasteiger partial charge in [0.15, 0.2) is 0 Å². The van der Waals surface area contributed by atoms with Crippen LogP contribution in [-0.2, 0) is 0 Å². The normalized spacial score (nSPS) is 21.3. The first-order valence-corrected chi connectivity index (χ1v) is 6.37. The summed E-state index contributed by atoms with van der Waals surface area (Å²) in [6.45, 7) is 8.51. The second kappa shape index (κ2) is 4.65. The molecule has 1 N–H and O–H groups in total. The number of aromatic nitrogens is 1. The third-order valence-corrected chi connectivity index (χ3v) is 3.48. The molecule has 17 heavy (non-hydrogen) atoms. The average molecular weight is 234 g/mol. The first-order chi connectivity index (χ1) is 7.98. The van der Waals surface area contributed by atoms with Gasteiger partial charge in [-0.15, -0.1) is 0 Å². The molecule has 1 fully saturated rings. The molecule has 1 aliphatic heterocycles. The second-order valence-corrected chi connectivity index (χ2v) is 5.81. The SMILES string of the molecule is CC(O)c1ccnc(N2CCCC(C)(C)C2)c1. The molecule has 0 radical (unpaired) electrons. The molecule has 2 rings (SSSR count). The van der Waals surface area contributed by atoms with Crippen molar-refractivity contribution in [3.63, 3.8) is 0 Å². The van der Waals surface area contributed by atoms with Crippen molar-refractivity contribution < 1.29 is 5.11 Å². The van der Waals surface area contributed by atoms with E-state index in [0.717, 1.165) is 24.5 Å². The van der Waals surface area contributed by atoms with Crippen molar-refractivity contribution in [2.75, 3.05) is 18.0 Å². The number of pyridine rings is 1. The maximum atomic E-state index is 9.60. The predicted molar refractivity (Wildman–Crippen MR) is 70.1 cm³/mol. The Morgan fingerprint density at radius 3 is 2.88 bits per heavy atom. The van der Waals surface area contributed by atoms with Crippen LogP contribution in [0.15, 0.2) is 18.3 Å². The fraction of sp³-hybridized carbons (Fsp3) is 0.643. The lowest BCUT2D eigenvalue weighted by molar-refractivity contribution is 0.199. The molecule has 1 aromatic heterocycles. The van der Waals surface area contributed by atoms with E-state index in [4.69, 9.17) is 0 Å². The van der Waals surface area contributed by atoms with Crippen LogP contribution in [0, 0.1) is 5.41 Å². The second-order valence-electron chi connectivity index (χ2n) is 5.81. The molecule has 94 valence electrons. The Labute approximate surface area is 103 Å². The standard InChI is InChI=1S/C14H22N2O/c1-11(17)12-5-7-15-13(9-12)16-8-4-6-14(2,3)10-16/h5,7,9,11,17H,4,6,8,10H2,1-3H3. The Hall–Kier alpha value is -1.09. The number of aliphatic hydroxyl groups excluding tert-OH is 1. The third-order valence-electron chi connectivity index (χ3n) is 3.48. The Balaban J connectivity index is 2.19. The largest absolute Gasteiger partial charge is 0.389 e. The predicted octanol–water partition coefficient (Wildman–Crippen LogP) is 2.76. The molecule has 0 aromatic carbocycles. The molecular weight excluding hydrogens is 212 g/mol. The van der Waals surface area contributed by atoms with Crippen LogP contribution in [0.3, 0.4) is 0 Å². The minimum atomic E-state index is -0.422. The minimum Gasteiger partial charge on any atom is -0.389 e. The van der Waals surface area contributed by atoms with E-state index in [2.05, 4.69) is 23.7 Å². The van der Waals surface area contributed by atoms with E-state index < -0.39 is 6.10 Å². The molecule has 0 bridgehead atoms. The number of hydrogen-bond acceptors (Lipinski definition) is 3. The molecule has 2 heterocycles. The zero-order chi connectivity index (χ0) is 12.5. The molecule has 0 saturated carbocycles. The highest BCUT2D eigenvalue weighted by Gasteiger charge is 2.27. The molecule has 0 amide bonds. The number of rotatable bonds is 2. The molecule has 1 unspecified atom stereocenters. The first-order valence-electron chi connectivity index (χ1n) is 6.37. The van der Waals surface area contributed by atoms with Crippen LogP contribution in [0.2, 0.25) is 0 Å². The fourth-order valence-electron chi connectivity index (χ4n) is 2.49.